The van der Waals surface area contributed by atoms with Crippen LogP contribution in [0.2, 0.25) is 0 Å². The summed E-state index contributed by atoms with van der Waals surface area (Å²) in [5.74, 6) is -1.89. The fraction of sp³-hybridized carbons (Fsp3) is 0.194. The lowest BCUT2D eigenvalue weighted by Crippen LogP contribution is -2.31. The molecule has 0 spiro atoms. The summed E-state index contributed by atoms with van der Waals surface area (Å²) in [6.07, 6.45) is 4.56. The van der Waals surface area contributed by atoms with E-state index in [2.05, 4.69) is 15.9 Å². The van der Waals surface area contributed by atoms with Gasteiger partial charge in [0.1, 0.15) is 0 Å². The van der Waals surface area contributed by atoms with E-state index in [4.69, 9.17) is 9.72 Å². The Bertz CT molecular complexity index is 1700. The number of esters is 1. The van der Waals surface area contributed by atoms with Crippen LogP contribution in [-0.4, -0.2) is 35.2 Å². The van der Waals surface area contributed by atoms with Gasteiger partial charge in [0, 0.05) is 15.4 Å². The van der Waals surface area contributed by atoms with Crippen LogP contribution >= 0.6 is 27.3 Å². The number of allylic oxidation sites excluding steroid dienone is 2. The van der Waals surface area contributed by atoms with E-state index in [1.165, 1.54) is 16.2 Å². The molecule has 3 atom stereocenters. The summed E-state index contributed by atoms with van der Waals surface area (Å²) >= 11 is 4.74. The summed E-state index contributed by atoms with van der Waals surface area (Å²) in [4.78, 5) is 58.4. The van der Waals surface area contributed by atoms with E-state index in [1.807, 2.05) is 25.1 Å². The molecule has 1 saturated heterocycles. The van der Waals surface area contributed by atoms with Gasteiger partial charge >= 0.3 is 5.97 Å². The molecule has 1 aliphatic heterocycles. The standard InChI is InChI=1S/C31H23BrN2O5S/c1-17-4-2-5-21-28(17)30(37)34(29(21)36)20-10-7-18(8-11-20)25-15-23(22-14-19(32)9-12-24(22)33-25)31(38)39-16-26(35)27-6-3-13-40-27/h2-4,6-15,17,21,28H,5,16H2,1H3. The highest BCUT2D eigenvalue weighted by Crippen LogP contribution is 2.40. The normalized spacial score (nSPS) is 20.1. The van der Waals surface area contributed by atoms with Gasteiger partial charge in [0.2, 0.25) is 17.6 Å². The molecule has 2 aliphatic rings. The predicted octanol–water partition coefficient (Wildman–Crippen LogP) is 6.47. The monoisotopic (exact) mass is 614 g/mol. The Morgan fingerprint density at radius 2 is 1.88 bits per heavy atom. The minimum Gasteiger partial charge on any atom is -0.454 e. The molecule has 3 unspecified atom stereocenters. The average molecular weight is 616 g/mol. The maximum atomic E-state index is 13.2. The Morgan fingerprint density at radius 1 is 1.07 bits per heavy atom. The number of aromatic nitrogens is 1. The van der Waals surface area contributed by atoms with E-state index < -0.39 is 5.97 Å². The Labute approximate surface area is 242 Å². The number of pyridine rings is 1. The summed E-state index contributed by atoms with van der Waals surface area (Å²) in [5.41, 5.74) is 2.58. The van der Waals surface area contributed by atoms with Crippen molar-refractivity contribution in [2.75, 3.05) is 11.5 Å². The fourth-order valence-electron chi connectivity index (χ4n) is 5.42. The minimum atomic E-state index is -0.633. The number of carbonyl (C=O) groups is 4. The van der Waals surface area contributed by atoms with E-state index in [9.17, 15) is 19.2 Å². The van der Waals surface area contributed by atoms with Crippen molar-refractivity contribution in [3.63, 3.8) is 0 Å². The number of hydrogen-bond donors (Lipinski definition) is 0. The fourth-order valence-corrected chi connectivity index (χ4v) is 6.43. The van der Waals surface area contributed by atoms with Gasteiger partial charge in [-0.3, -0.25) is 19.3 Å². The molecule has 0 N–H and O–H groups in total. The number of ether oxygens (including phenoxy) is 1. The SMILES string of the molecule is CC1C=CCC2C(=O)N(c3ccc(-c4cc(C(=O)OCC(=O)c5cccs5)c5cc(Br)ccc5n4)cc3)C(=O)C12. The molecular weight excluding hydrogens is 592 g/mol. The van der Waals surface area contributed by atoms with E-state index in [-0.39, 0.29) is 47.5 Å². The summed E-state index contributed by atoms with van der Waals surface area (Å²) < 4.78 is 6.18. The van der Waals surface area contributed by atoms with Crippen LogP contribution in [0.4, 0.5) is 5.69 Å². The predicted molar refractivity (Wildman–Crippen MR) is 156 cm³/mol. The number of Topliss-reactive ketones (excluding diaryl/α,β-unsaturated/α-hetero) is 1. The Morgan fingerprint density at radius 3 is 2.60 bits per heavy atom. The molecule has 2 aromatic carbocycles. The second-order valence-electron chi connectivity index (χ2n) is 9.91. The number of anilines is 1. The molecule has 2 amide bonds. The second-order valence-corrected chi connectivity index (χ2v) is 11.8. The average Bonchev–Trinajstić information content (AvgIpc) is 3.59. The molecule has 0 bridgehead atoms. The van der Waals surface area contributed by atoms with E-state index >= 15 is 0 Å². The zero-order valence-corrected chi connectivity index (χ0v) is 23.8. The summed E-state index contributed by atoms with van der Waals surface area (Å²) in [7, 11) is 0. The minimum absolute atomic E-state index is 0.0140. The summed E-state index contributed by atoms with van der Waals surface area (Å²) in [6, 6.07) is 17.5. The van der Waals surface area contributed by atoms with Crippen molar-refractivity contribution in [1.82, 2.24) is 4.98 Å². The molecule has 3 heterocycles. The van der Waals surface area contributed by atoms with Crippen molar-refractivity contribution in [3.8, 4) is 11.3 Å². The number of ketones is 1. The number of amides is 2. The van der Waals surface area contributed by atoms with E-state index in [0.29, 0.717) is 39.1 Å². The van der Waals surface area contributed by atoms with Crippen LogP contribution in [0.5, 0.6) is 0 Å². The third-order valence-corrected chi connectivity index (χ3v) is 8.82. The topological polar surface area (TPSA) is 93.6 Å². The molecule has 4 aromatic rings. The van der Waals surface area contributed by atoms with Crippen LogP contribution in [0.25, 0.3) is 22.2 Å². The van der Waals surface area contributed by atoms with Gasteiger partial charge in [0.05, 0.1) is 39.2 Å². The van der Waals surface area contributed by atoms with E-state index in [0.717, 1.165) is 4.47 Å². The largest absolute Gasteiger partial charge is 0.454 e. The first-order valence-corrected chi connectivity index (χ1v) is 14.5. The van der Waals surface area contributed by atoms with E-state index in [1.54, 1.807) is 60.0 Å². The number of fused-ring (bicyclic) bond motifs is 2. The maximum Gasteiger partial charge on any atom is 0.339 e. The van der Waals surface area contributed by atoms with Crippen LogP contribution in [0.3, 0.4) is 0 Å². The zero-order chi connectivity index (χ0) is 28.0. The third kappa shape index (κ3) is 4.69. The molecule has 0 radical (unpaired) electrons. The van der Waals surface area contributed by atoms with Crippen molar-refractivity contribution >= 4 is 67.4 Å². The number of imide groups is 1. The van der Waals surface area contributed by atoms with Crippen molar-refractivity contribution < 1.29 is 23.9 Å². The highest BCUT2D eigenvalue weighted by molar-refractivity contribution is 9.10. The Balaban J connectivity index is 1.30. The van der Waals surface area contributed by atoms with Crippen molar-refractivity contribution in [3.05, 3.63) is 93.1 Å². The molecule has 1 fully saturated rings. The first kappa shape index (κ1) is 26.3. The lowest BCUT2D eigenvalue weighted by molar-refractivity contribution is -0.122. The summed E-state index contributed by atoms with van der Waals surface area (Å²) in [5, 5.41) is 2.38. The number of rotatable bonds is 6. The van der Waals surface area contributed by atoms with Crippen LogP contribution in [0, 0.1) is 17.8 Å². The van der Waals surface area contributed by atoms with Gasteiger partial charge in [-0.15, -0.1) is 11.3 Å². The van der Waals surface area contributed by atoms with Crippen LogP contribution in [0.1, 0.15) is 33.4 Å². The van der Waals surface area contributed by atoms with Crippen LogP contribution < -0.4 is 4.90 Å². The molecule has 9 heteroatoms. The number of thiophene rings is 1. The number of nitrogens with zero attached hydrogens (tertiary/aromatic N) is 2. The molecule has 7 nitrogen and oxygen atoms in total. The third-order valence-electron chi connectivity index (χ3n) is 7.41. The first-order chi connectivity index (χ1) is 19.3. The zero-order valence-electron chi connectivity index (χ0n) is 21.4. The van der Waals surface area contributed by atoms with Crippen LogP contribution in [0.15, 0.2) is 82.7 Å². The lowest BCUT2D eigenvalue weighted by Gasteiger charge is -2.22. The van der Waals surface area contributed by atoms with Gasteiger partial charge in [-0.05, 0) is 60.2 Å². The molecule has 40 heavy (non-hydrogen) atoms. The van der Waals surface area contributed by atoms with Crippen molar-refractivity contribution in [2.24, 2.45) is 17.8 Å². The van der Waals surface area contributed by atoms with Crippen molar-refractivity contribution in [1.29, 1.82) is 0 Å². The van der Waals surface area contributed by atoms with Gasteiger partial charge < -0.3 is 4.74 Å². The number of hydrogen-bond acceptors (Lipinski definition) is 7. The van der Waals surface area contributed by atoms with Gasteiger partial charge in [0.15, 0.2) is 6.61 Å². The highest BCUT2D eigenvalue weighted by Gasteiger charge is 2.50. The highest BCUT2D eigenvalue weighted by atomic mass is 79.9. The number of benzene rings is 2. The first-order valence-electron chi connectivity index (χ1n) is 12.8. The maximum absolute atomic E-state index is 13.2. The Kier molecular flexibility index (Phi) is 6.93. The second kappa shape index (κ2) is 10.6. The lowest BCUT2D eigenvalue weighted by atomic mass is 9.78. The smallest absolute Gasteiger partial charge is 0.339 e. The quantitative estimate of drug-likeness (QED) is 0.107. The van der Waals surface area contributed by atoms with Gasteiger partial charge in [-0.2, -0.15) is 0 Å². The van der Waals surface area contributed by atoms with Gasteiger partial charge in [-0.25, -0.2) is 9.78 Å². The molecule has 1 aliphatic carbocycles. The molecule has 2 aromatic heterocycles. The summed E-state index contributed by atoms with van der Waals surface area (Å²) in [6.45, 7) is 1.60. The van der Waals surface area contributed by atoms with Crippen molar-refractivity contribution in [2.45, 2.75) is 13.3 Å². The number of halogens is 1. The van der Waals surface area contributed by atoms with Gasteiger partial charge in [-0.1, -0.05) is 53.2 Å². The molecule has 6 rings (SSSR count). The van der Waals surface area contributed by atoms with Crippen LogP contribution in [-0.2, 0) is 14.3 Å². The molecule has 200 valence electrons. The molecule has 0 saturated carbocycles. The van der Waals surface area contributed by atoms with Gasteiger partial charge in [0.25, 0.3) is 0 Å². The number of carbonyl (C=O) groups excluding carboxylic acids is 4. The Hall–Kier alpha value is -3.95. The molecular formula is C31H23BrN2O5S.